The van der Waals surface area contributed by atoms with Crippen LogP contribution in [-0.4, -0.2) is 50.0 Å². The molecule has 0 aliphatic rings. The number of anilines is 1. The van der Waals surface area contributed by atoms with Crippen LogP contribution in [0.25, 0.3) is 0 Å². The van der Waals surface area contributed by atoms with E-state index in [1.54, 1.807) is 29.2 Å². The number of benzene rings is 3. The van der Waals surface area contributed by atoms with Crippen LogP contribution in [0.4, 0.5) is 5.69 Å². The van der Waals surface area contributed by atoms with Crippen molar-refractivity contribution in [3.63, 3.8) is 0 Å². The number of para-hydroxylation sites is 1. The molecule has 2 atom stereocenters. The molecule has 0 aliphatic heterocycles. The predicted octanol–water partition coefficient (Wildman–Crippen LogP) is 5.55. The Hall–Kier alpha value is -3.17. The standard InChI is InChI=1S/C31H38BrN3O4S/c1-4-24(2)33-31(37)29(22-25-12-7-5-8-13-25)34(23-26-17-19-27(32)20-18-26)30(36)16-11-21-35(40(3,38)39)28-14-9-6-10-15-28/h5-10,12-15,17-20,24,29H,4,11,16,21-23H2,1-3H3,(H,33,37)/t24-,29-/m1/s1. The fourth-order valence-corrected chi connectivity index (χ4v) is 5.61. The van der Waals surface area contributed by atoms with Crippen LogP contribution < -0.4 is 9.62 Å². The molecule has 0 unspecified atom stereocenters. The van der Waals surface area contributed by atoms with Crippen LogP contribution in [-0.2, 0) is 32.6 Å². The molecule has 2 amide bonds. The molecule has 0 saturated heterocycles. The fourth-order valence-electron chi connectivity index (χ4n) is 4.38. The van der Waals surface area contributed by atoms with Gasteiger partial charge in [-0.1, -0.05) is 83.5 Å². The van der Waals surface area contributed by atoms with E-state index in [9.17, 15) is 18.0 Å². The summed E-state index contributed by atoms with van der Waals surface area (Å²) in [7, 11) is -3.54. The first kappa shape index (κ1) is 31.4. The Labute approximate surface area is 246 Å². The molecule has 0 radical (unpaired) electrons. The van der Waals surface area contributed by atoms with Crippen molar-refractivity contribution in [1.82, 2.24) is 10.2 Å². The van der Waals surface area contributed by atoms with Gasteiger partial charge in [0.1, 0.15) is 6.04 Å². The van der Waals surface area contributed by atoms with Crippen molar-refractivity contribution >= 4 is 43.5 Å². The molecule has 7 nitrogen and oxygen atoms in total. The van der Waals surface area contributed by atoms with Crippen LogP contribution in [0, 0.1) is 0 Å². The van der Waals surface area contributed by atoms with Crippen molar-refractivity contribution in [2.45, 2.75) is 58.2 Å². The van der Waals surface area contributed by atoms with E-state index in [-0.39, 0.29) is 37.4 Å². The van der Waals surface area contributed by atoms with Crippen molar-refractivity contribution in [2.24, 2.45) is 0 Å². The fraction of sp³-hybridized carbons (Fsp3) is 0.355. The zero-order chi connectivity index (χ0) is 29.1. The second-order valence-corrected chi connectivity index (χ2v) is 12.8. The predicted molar refractivity (Wildman–Crippen MR) is 164 cm³/mol. The number of nitrogens with zero attached hydrogens (tertiary/aromatic N) is 2. The summed E-state index contributed by atoms with van der Waals surface area (Å²) in [5.41, 5.74) is 2.40. The van der Waals surface area contributed by atoms with Gasteiger partial charge < -0.3 is 10.2 Å². The van der Waals surface area contributed by atoms with E-state index in [2.05, 4.69) is 21.2 Å². The second kappa shape index (κ2) is 15.0. The summed E-state index contributed by atoms with van der Waals surface area (Å²) in [6, 6.07) is 25.4. The Morgan fingerprint density at radius 1 is 0.900 bits per heavy atom. The van der Waals surface area contributed by atoms with Crippen molar-refractivity contribution in [1.29, 1.82) is 0 Å². The number of hydrogen-bond acceptors (Lipinski definition) is 4. The SMILES string of the molecule is CC[C@@H](C)NC(=O)[C@@H](Cc1ccccc1)N(Cc1ccc(Br)cc1)C(=O)CCCN(c1ccccc1)S(C)(=O)=O. The molecular weight excluding hydrogens is 590 g/mol. The van der Waals surface area contributed by atoms with Crippen LogP contribution in [0.2, 0.25) is 0 Å². The molecule has 214 valence electrons. The molecule has 0 aromatic heterocycles. The zero-order valence-corrected chi connectivity index (χ0v) is 25.7. The number of sulfonamides is 1. The smallest absolute Gasteiger partial charge is 0.243 e. The summed E-state index contributed by atoms with van der Waals surface area (Å²) in [5, 5.41) is 3.07. The highest BCUT2D eigenvalue weighted by Crippen LogP contribution is 2.21. The van der Waals surface area contributed by atoms with Crippen LogP contribution in [0.3, 0.4) is 0 Å². The molecule has 0 fully saturated rings. The third-order valence-corrected chi connectivity index (χ3v) is 8.46. The lowest BCUT2D eigenvalue weighted by molar-refractivity contribution is -0.141. The summed E-state index contributed by atoms with van der Waals surface area (Å²) in [6.07, 6.45) is 2.70. The first-order valence-electron chi connectivity index (χ1n) is 13.5. The lowest BCUT2D eigenvalue weighted by Crippen LogP contribution is -2.52. The molecule has 40 heavy (non-hydrogen) atoms. The zero-order valence-electron chi connectivity index (χ0n) is 23.3. The molecule has 0 saturated carbocycles. The van der Waals surface area contributed by atoms with E-state index in [4.69, 9.17) is 0 Å². The van der Waals surface area contributed by atoms with E-state index in [0.29, 0.717) is 18.5 Å². The van der Waals surface area contributed by atoms with Gasteiger partial charge in [0.05, 0.1) is 11.9 Å². The van der Waals surface area contributed by atoms with Crippen LogP contribution in [0.1, 0.15) is 44.2 Å². The number of hydrogen-bond donors (Lipinski definition) is 1. The Morgan fingerprint density at radius 2 is 1.50 bits per heavy atom. The minimum Gasteiger partial charge on any atom is -0.352 e. The van der Waals surface area contributed by atoms with E-state index in [0.717, 1.165) is 28.3 Å². The normalized spacial score (nSPS) is 12.8. The molecule has 0 heterocycles. The molecule has 3 aromatic carbocycles. The van der Waals surface area contributed by atoms with Crippen LogP contribution in [0.15, 0.2) is 89.4 Å². The Balaban J connectivity index is 1.88. The quantitative estimate of drug-likeness (QED) is 0.254. The molecule has 3 aromatic rings. The van der Waals surface area contributed by atoms with E-state index in [1.807, 2.05) is 74.5 Å². The maximum Gasteiger partial charge on any atom is 0.243 e. The first-order valence-corrected chi connectivity index (χ1v) is 16.1. The van der Waals surface area contributed by atoms with Crippen LogP contribution in [0.5, 0.6) is 0 Å². The van der Waals surface area contributed by atoms with Gasteiger partial charge in [-0.2, -0.15) is 0 Å². The molecule has 1 N–H and O–H groups in total. The third-order valence-electron chi connectivity index (χ3n) is 6.73. The highest BCUT2D eigenvalue weighted by molar-refractivity contribution is 9.10. The number of amides is 2. The minimum absolute atomic E-state index is 0.0374. The van der Waals surface area contributed by atoms with Gasteiger partial charge in [-0.15, -0.1) is 0 Å². The van der Waals surface area contributed by atoms with Gasteiger partial charge in [-0.05, 0) is 55.2 Å². The van der Waals surface area contributed by atoms with Gasteiger partial charge in [0, 0.05) is 36.4 Å². The van der Waals surface area contributed by atoms with Crippen LogP contribution >= 0.6 is 15.9 Å². The summed E-state index contributed by atoms with van der Waals surface area (Å²) in [5.74, 6) is -0.407. The average Bonchev–Trinajstić information content (AvgIpc) is 2.94. The Bertz CT molecular complexity index is 1340. The summed E-state index contributed by atoms with van der Waals surface area (Å²) in [4.78, 5) is 29.1. The molecule has 0 bridgehead atoms. The number of carbonyl (C=O) groups excluding carboxylic acids is 2. The van der Waals surface area contributed by atoms with Crippen molar-refractivity contribution in [2.75, 3.05) is 17.1 Å². The van der Waals surface area contributed by atoms with E-state index in [1.165, 1.54) is 4.31 Å². The Kier molecular flexibility index (Phi) is 11.8. The van der Waals surface area contributed by atoms with Crippen molar-refractivity contribution in [3.8, 4) is 0 Å². The maximum atomic E-state index is 13.8. The lowest BCUT2D eigenvalue weighted by Gasteiger charge is -2.32. The third kappa shape index (κ3) is 9.48. The minimum atomic E-state index is -3.54. The first-order chi connectivity index (χ1) is 19.1. The van der Waals surface area contributed by atoms with E-state index >= 15 is 0 Å². The second-order valence-electron chi connectivity index (χ2n) is 9.95. The molecular formula is C31H38BrN3O4S. The molecule has 0 aliphatic carbocycles. The van der Waals surface area contributed by atoms with Gasteiger partial charge in [-0.3, -0.25) is 13.9 Å². The molecule has 0 spiro atoms. The Morgan fingerprint density at radius 3 is 2.08 bits per heavy atom. The van der Waals surface area contributed by atoms with Gasteiger partial charge in [0.2, 0.25) is 21.8 Å². The highest BCUT2D eigenvalue weighted by Gasteiger charge is 2.31. The average molecular weight is 629 g/mol. The van der Waals surface area contributed by atoms with Gasteiger partial charge >= 0.3 is 0 Å². The lowest BCUT2D eigenvalue weighted by atomic mass is 10.0. The van der Waals surface area contributed by atoms with Gasteiger partial charge in [0.25, 0.3) is 0 Å². The van der Waals surface area contributed by atoms with Gasteiger partial charge in [-0.25, -0.2) is 8.42 Å². The summed E-state index contributed by atoms with van der Waals surface area (Å²) < 4.78 is 27.3. The molecule has 3 rings (SSSR count). The largest absolute Gasteiger partial charge is 0.352 e. The van der Waals surface area contributed by atoms with E-state index < -0.39 is 16.1 Å². The topological polar surface area (TPSA) is 86.8 Å². The number of nitrogens with one attached hydrogen (secondary N) is 1. The van der Waals surface area contributed by atoms with Gasteiger partial charge in [0.15, 0.2) is 0 Å². The highest BCUT2D eigenvalue weighted by atomic mass is 79.9. The van der Waals surface area contributed by atoms with Crippen molar-refractivity contribution in [3.05, 3.63) is 101 Å². The maximum absolute atomic E-state index is 13.8. The van der Waals surface area contributed by atoms with Crippen molar-refractivity contribution < 1.29 is 18.0 Å². The number of carbonyl (C=O) groups is 2. The monoisotopic (exact) mass is 627 g/mol. The number of halogens is 1. The number of rotatable bonds is 14. The summed E-state index contributed by atoms with van der Waals surface area (Å²) >= 11 is 3.46. The summed E-state index contributed by atoms with van der Waals surface area (Å²) in [6.45, 7) is 4.36. The molecule has 9 heteroatoms.